The maximum Gasteiger partial charge on any atom is 0.335 e. The zero-order valence-corrected chi connectivity index (χ0v) is 16.1. The molecular weight excluding hydrogens is 372 g/mol. The van der Waals surface area contributed by atoms with Gasteiger partial charge in [0.15, 0.2) is 0 Å². The third kappa shape index (κ3) is 3.39. The molecule has 0 bridgehead atoms. The van der Waals surface area contributed by atoms with E-state index in [1.165, 1.54) is 10.9 Å². The van der Waals surface area contributed by atoms with Crippen LogP contribution in [-0.4, -0.2) is 20.6 Å². The Hall–Kier alpha value is -3.11. The fraction of sp³-hybridized carbons (Fsp3) is 0.130. The quantitative estimate of drug-likeness (QED) is 0.482. The second-order valence-corrected chi connectivity index (χ2v) is 7.22. The number of aromatic nitrogens is 2. The van der Waals surface area contributed by atoms with Crippen molar-refractivity contribution in [2.75, 3.05) is 0 Å². The first kappa shape index (κ1) is 18.3. The number of hydrogen-bond acceptors (Lipinski definition) is 2. The monoisotopic (exact) mass is 390 g/mol. The summed E-state index contributed by atoms with van der Waals surface area (Å²) in [5, 5.41) is 10.9. The summed E-state index contributed by atoms with van der Waals surface area (Å²) in [5.74, 6) is -0.910. The standard InChI is InChI=1S/C23H19ClN2O2/c1-15-20-9-8-19(24)13-21(20)26(22(15)18-3-2-11-25-14-18)12-10-16-4-6-17(7-5-16)23(27)28/h2-9,11,13-14H,10,12H2,1H3,(H,27,28). The fourth-order valence-electron chi connectivity index (χ4n) is 3.66. The van der Waals surface area contributed by atoms with E-state index >= 15 is 0 Å². The van der Waals surface area contributed by atoms with Gasteiger partial charge in [-0.3, -0.25) is 4.98 Å². The molecule has 140 valence electrons. The maximum absolute atomic E-state index is 11.1. The number of nitrogens with zero attached hydrogens (tertiary/aromatic N) is 2. The number of halogens is 1. The molecular formula is C23H19ClN2O2. The van der Waals surface area contributed by atoms with Gasteiger partial charge in [0.05, 0.1) is 16.8 Å². The van der Waals surface area contributed by atoms with Crippen molar-refractivity contribution in [1.82, 2.24) is 9.55 Å². The Kier molecular flexibility index (Phi) is 4.88. The molecule has 2 heterocycles. The van der Waals surface area contributed by atoms with Crippen LogP contribution >= 0.6 is 11.6 Å². The Morgan fingerprint density at radius 3 is 2.61 bits per heavy atom. The predicted molar refractivity (Wildman–Crippen MR) is 112 cm³/mol. The van der Waals surface area contributed by atoms with Crippen molar-refractivity contribution in [3.63, 3.8) is 0 Å². The predicted octanol–water partition coefficient (Wildman–Crippen LogP) is 5.61. The molecule has 0 atom stereocenters. The van der Waals surface area contributed by atoms with E-state index in [1.54, 1.807) is 18.3 Å². The van der Waals surface area contributed by atoms with Gasteiger partial charge in [0.25, 0.3) is 0 Å². The van der Waals surface area contributed by atoms with Crippen LogP contribution in [0.1, 0.15) is 21.5 Å². The Balaban J connectivity index is 1.76. The molecule has 0 spiro atoms. The Morgan fingerprint density at radius 2 is 1.93 bits per heavy atom. The van der Waals surface area contributed by atoms with Crippen LogP contribution in [-0.2, 0) is 13.0 Å². The Labute approximate surface area is 168 Å². The van der Waals surface area contributed by atoms with E-state index in [-0.39, 0.29) is 0 Å². The van der Waals surface area contributed by atoms with E-state index in [4.69, 9.17) is 16.7 Å². The highest BCUT2D eigenvalue weighted by Gasteiger charge is 2.16. The van der Waals surface area contributed by atoms with E-state index < -0.39 is 5.97 Å². The molecule has 0 unspecified atom stereocenters. The number of hydrogen-bond donors (Lipinski definition) is 1. The number of aryl methyl sites for hydroxylation is 3. The average molecular weight is 391 g/mol. The summed E-state index contributed by atoms with van der Waals surface area (Å²) in [6, 6.07) is 17.0. The van der Waals surface area contributed by atoms with Gasteiger partial charge in [0, 0.05) is 34.9 Å². The summed E-state index contributed by atoms with van der Waals surface area (Å²) in [7, 11) is 0. The van der Waals surface area contributed by atoms with Crippen molar-refractivity contribution >= 4 is 28.5 Å². The molecule has 0 amide bonds. The lowest BCUT2D eigenvalue weighted by Gasteiger charge is -2.12. The van der Waals surface area contributed by atoms with Crippen LogP contribution < -0.4 is 0 Å². The summed E-state index contributed by atoms with van der Waals surface area (Å²) in [6.45, 7) is 2.87. The second kappa shape index (κ2) is 7.49. The van der Waals surface area contributed by atoms with Gasteiger partial charge in [-0.25, -0.2) is 4.79 Å². The van der Waals surface area contributed by atoms with Gasteiger partial charge in [-0.2, -0.15) is 0 Å². The van der Waals surface area contributed by atoms with E-state index in [0.29, 0.717) is 10.6 Å². The summed E-state index contributed by atoms with van der Waals surface area (Å²) in [5.41, 5.74) is 5.87. The van der Waals surface area contributed by atoms with Crippen molar-refractivity contribution in [3.05, 3.63) is 88.7 Å². The maximum atomic E-state index is 11.1. The molecule has 0 saturated heterocycles. The van der Waals surface area contributed by atoms with Gasteiger partial charge < -0.3 is 9.67 Å². The first-order valence-electron chi connectivity index (χ1n) is 9.05. The molecule has 0 aliphatic carbocycles. The van der Waals surface area contributed by atoms with Gasteiger partial charge >= 0.3 is 5.97 Å². The first-order valence-corrected chi connectivity index (χ1v) is 9.43. The molecule has 4 nitrogen and oxygen atoms in total. The van der Waals surface area contributed by atoms with Gasteiger partial charge in [-0.05, 0) is 60.9 Å². The number of rotatable bonds is 5. The summed E-state index contributed by atoms with van der Waals surface area (Å²) in [6.07, 6.45) is 4.43. The zero-order valence-electron chi connectivity index (χ0n) is 15.4. The normalized spacial score (nSPS) is 11.1. The number of benzene rings is 2. The first-order chi connectivity index (χ1) is 13.5. The van der Waals surface area contributed by atoms with Crippen LogP contribution in [0.4, 0.5) is 0 Å². The van der Waals surface area contributed by atoms with Crippen LogP contribution in [0.15, 0.2) is 67.0 Å². The number of pyridine rings is 1. The van der Waals surface area contributed by atoms with E-state index in [1.807, 2.05) is 36.5 Å². The average Bonchev–Trinajstić information content (AvgIpc) is 2.98. The van der Waals surface area contributed by atoms with Crippen molar-refractivity contribution in [3.8, 4) is 11.3 Å². The molecule has 0 aliphatic rings. The van der Waals surface area contributed by atoms with E-state index in [9.17, 15) is 4.79 Å². The van der Waals surface area contributed by atoms with E-state index in [2.05, 4.69) is 28.6 Å². The molecule has 0 fully saturated rings. The molecule has 5 heteroatoms. The van der Waals surface area contributed by atoms with E-state index in [0.717, 1.165) is 35.3 Å². The van der Waals surface area contributed by atoms with Crippen LogP contribution in [0.2, 0.25) is 5.02 Å². The van der Waals surface area contributed by atoms with Gasteiger partial charge in [0.1, 0.15) is 0 Å². The third-order valence-electron chi connectivity index (χ3n) is 5.04. The molecule has 4 rings (SSSR count). The van der Waals surface area contributed by atoms with Crippen molar-refractivity contribution in [2.24, 2.45) is 0 Å². The molecule has 0 aliphatic heterocycles. The minimum absolute atomic E-state index is 0.300. The summed E-state index contributed by atoms with van der Waals surface area (Å²) < 4.78 is 2.28. The SMILES string of the molecule is Cc1c(-c2cccnc2)n(CCc2ccc(C(=O)O)cc2)c2cc(Cl)ccc12. The molecule has 0 radical (unpaired) electrons. The number of carboxylic acid groups (broad SMARTS) is 1. The fourth-order valence-corrected chi connectivity index (χ4v) is 3.82. The molecule has 2 aromatic carbocycles. The van der Waals surface area contributed by atoms with Crippen LogP contribution in [0, 0.1) is 6.92 Å². The smallest absolute Gasteiger partial charge is 0.335 e. The van der Waals surface area contributed by atoms with Gasteiger partial charge in [-0.15, -0.1) is 0 Å². The third-order valence-corrected chi connectivity index (χ3v) is 5.27. The van der Waals surface area contributed by atoms with Gasteiger partial charge in [-0.1, -0.05) is 29.8 Å². The Bertz CT molecular complexity index is 1150. The summed E-state index contributed by atoms with van der Waals surface area (Å²) >= 11 is 6.28. The lowest BCUT2D eigenvalue weighted by atomic mass is 10.1. The number of carbonyl (C=O) groups is 1. The highest BCUT2D eigenvalue weighted by molar-refractivity contribution is 6.31. The van der Waals surface area contributed by atoms with Crippen molar-refractivity contribution in [2.45, 2.75) is 19.9 Å². The number of carboxylic acids is 1. The van der Waals surface area contributed by atoms with Gasteiger partial charge in [0.2, 0.25) is 0 Å². The highest BCUT2D eigenvalue weighted by Crippen LogP contribution is 2.34. The molecule has 4 aromatic rings. The highest BCUT2D eigenvalue weighted by atomic mass is 35.5. The number of fused-ring (bicyclic) bond motifs is 1. The van der Waals surface area contributed by atoms with Crippen LogP contribution in [0.25, 0.3) is 22.2 Å². The minimum atomic E-state index is -0.910. The lowest BCUT2D eigenvalue weighted by Crippen LogP contribution is -2.04. The van der Waals surface area contributed by atoms with Crippen LogP contribution in [0.3, 0.4) is 0 Å². The zero-order chi connectivity index (χ0) is 19.7. The minimum Gasteiger partial charge on any atom is -0.478 e. The summed E-state index contributed by atoms with van der Waals surface area (Å²) in [4.78, 5) is 15.3. The second-order valence-electron chi connectivity index (χ2n) is 6.78. The molecule has 0 saturated carbocycles. The largest absolute Gasteiger partial charge is 0.478 e. The van der Waals surface area contributed by atoms with Crippen molar-refractivity contribution < 1.29 is 9.90 Å². The van der Waals surface area contributed by atoms with Crippen molar-refractivity contribution in [1.29, 1.82) is 0 Å². The van der Waals surface area contributed by atoms with Crippen LogP contribution in [0.5, 0.6) is 0 Å². The Morgan fingerprint density at radius 1 is 1.14 bits per heavy atom. The topological polar surface area (TPSA) is 55.1 Å². The lowest BCUT2D eigenvalue weighted by molar-refractivity contribution is 0.0697. The molecule has 1 N–H and O–H groups in total. The molecule has 28 heavy (non-hydrogen) atoms. The molecule has 2 aromatic heterocycles. The number of aromatic carboxylic acids is 1.